The number of carbonyl (C=O) groups is 1. The molecular weight excluding hydrogens is 188 g/mol. The van der Waals surface area contributed by atoms with Crippen LogP contribution in [0.5, 0.6) is 0 Å². The van der Waals surface area contributed by atoms with Crippen LogP contribution in [-0.4, -0.2) is 12.6 Å². The van der Waals surface area contributed by atoms with Gasteiger partial charge in [-0.1, -0.05) is 40.2 Å². The Bertz CT molecular complexity index is 215. The van der Waals surface area contributed by atoms with E-state index in [-0.39, 0.29) is 5.97 Å². The molecule has 0 heterocycles. The standard InChI is InChI=1S/C13H24O2/c1-6-13(5,7-2)9-8-10-15-12(14)11(3)4/h3,6-10H2,1-2,4-5H3. The number of hydrogen-bond acceptors (Lipinski definition) is 2. The molecule has 88 valence electrons. The van der Waals surface area contributed by atoms with Crippen LogP contribution in [0.3, 0.4) is 0 Å². The van der Waals surface area contributed by atoms with E-state index in [4.69, 9.17) is 4.74 Å². The Morgan fingerprint density at radius 3 is 2.27 bits per heavy atom. The second-order valence-corrected chi connectivity index (χ2v) is 4.54. The lowest BCUT2D eigenvalue weighted by molar-refractivity contribution is -0.139. The van der Waals surface area contributed by atoms with Crippen molar-refractivity contribution in [3.05, 3.63) is 12.2 Å². The molecule has 0 aromatic rings. The summed E-state index contributed by atoms with van der Waals surface area (Å²) in [5.74, 6) is -0.273. The Morgan fingerprint density at radius 2 is 1.87 bits per heavy atom. The molecule has 0 fully saturated rings. The van der Waals surface area contributed by atoms with Crippen molar-refractivity contribution in [1.29, 1.82) is 0 Å². The average molecular weight is 212 g/mol. The number of rotatable bonds is 7. The van der Waals surface area contributed by atoms with Crippen molar-refractivity contribution in [1.82, 2.24) is 0 Å². The highest BCUT2D eigenvalue weighted by atomic mass is 16.5. The molecule has 15 heavy (non-hydrogen) atoms. The second kappa shape index (κ2) is 6.65. The number of hydrogen-bond donors (Lipinski definition) is 0. The third-order valence-electron chi connectivity index (χ3n) is 3.21. The summed E-state index contributed by atoms with van der Waals surface area (Å²) in [5.41, 5.74) is 0.874. The van der Waals surface area contributed by atoms with Crippen LogP contribution in [-0.2, 0) is 9.53 Å². The second-order valence-electron chi connectivity index (χ2n) is 4.54. The third kappa shape index (κ3) is 5.60. The van der Waals surface area contributed by atoms with Crippen LogP contribution in [0.1, 0.15) is 53.4 Å². The first kappa shape index (κ1) is 14.2. The molecule has 2 nitrogen and oxygen atoms in total. The van der Waals surface area contributed by atoms with E-state index in [0.717, 1.165) is 12.8 Å². The van der Waals surface area contributed by atoms with Crippen molar-refractivity contribution in [3.63, 3.8) is 0 Å². The van der Waals surface area contributed by atoms with Gasteiger partial charge in [-0.3, -0.25) is 0 Å². The van der Waals surface area contributed by atoms with E-state index >= 15 is 0 Å². The Hall–Kier alpha value is -0.790. The van der Waals surface area contributed by atoms with Crippen molar-refractivity contribution >= 4 is 5.97 Å². The molecular formula is C13H24O2. The molecule has 0 aliphatic rings. The van der Waals surface area contributed by atoms with Crippen LogP contribution < -0.4 is 0 Å². The molecule has 0 aromatic carbocycles. The quantitative estimate of drug-likeness (QED) is 0.365. The van der Waals surface area contributed by atoms with Gasteiger partial charge in [0.1, 0.15) is 0 Å². The molecule has 0 rings (SSSR count). The summed E-state index contributed by atoms with van der Waals surface area (Å²) in [6.45, 7) is 12.4. The smallest absolute Gasteiger partial charge is 0.333 e. The topological polar surface area (TPSA) is 26.3 Å². The van der Waals surface area contributed by atoms with Gasteiger partial charge in [0.2, 0.25) is 0 Å². The van der Waals surface area contributed by atoms with Crippen LogP contribution >= 0.6 is 0 Å². The first-order chi connectivity index (χ1) is 6.95. The number of esters is 1. The molecule has 0 spiro atoms. The van der Waals surface area contributed by atoms with Gasteiger partial charge in [0.15, 0.2) is 0 Å². The van der Waals surface area contributed by atoms with E-state index in [1.165, 1.54) is 12.8 Å². The normalized spacial score (nSPS) is 11.2. The summed E-state index contributed by atoms with van der Waals surface area (Å²) in [5, 5.41) is 0. The summed E-state index contributed by atoms with van der Waals surface area (Å²) in [6.07, 6.45) is 4.41. The van der Waals surface area contributed by atoms with Crippen LogP contribution in [0.2, 0.25) is 0 Å². The van der Waals surface area contributed by atoms with E-state index in [2.05, 4.69) is 27.4 Å². The molecule has 0 amide bonds. The van der Waals surface area contributed by atoms with Gasteiger partial charge >= 0.3 is 5.97 Å². The molecule has 0 saturated carbocycles. The maximum Gasteiger partial charge on any atom is 0.333 e. The zero-order chi connectivity index (χ0) is 11.9. The minimum absolute atomic E-state index is 0.273. The molecule has 0 atom stereocenters. The summed E-state index contributed by atoms with van der Waals surface area (Å²) >= 11 is 0. The molecule has 0 bridgehead atoms. The molecule has 0 radical (unpaired) electrons. The monoisotopic (exact) mass is 212 g/mol. The van der Waals surface area contributed by atoms with Gasteiger partial charge in [0, 0.05) is 5.57 Å². The Labute approximate surface area is 93.7 Å². The summed E-state index contributed by atoms with van der Waals surface area (Å²) in [6, 6.07) is 0. The Balaban J connectivity index is 3.71. The molecule has 0 aliphatic carbocycles. The van der Waals surface area contributed by atoms with Gasteiger partial charge in [-0.05, 0) is 25.2 Å². The van der Waals surface area contributed by atoms with Crippen LogP contribution in [0, 0.1) is 5.41 Å². The van der Waals surface area contributed by atoms with Crippen LogP contribution in [0.4, 0.5) is 0 Å². The van der Waals surface area contributed by atoms with Gasteiger partial charge in [-0.2, -0.15) is 0 Å². The van der Waals surface area contributed by atoms with Crippen LogP contribution in [0.25, 0.3) is 0 Å². The minimum Gasteiger partial charge on any atom is -0.462 e. The first-order valence-electron chi connectivity index (χ1n) is 5.78. The third-order valence-corrected chi connectivity index (χ3v) is 3.21. The highest BCUT2D eigenvalue weighted by molar-refractivity contribution is 5.86. The SMILES string of the molecule is C=C(C)C(=O)OCCCC(C)(CC)CC. The number of ether oxygens (including phenoxy) is 1. The van der Waals surface area contributed by atoms with Crippen molar-refractivity contribution in [2.75, 3.05) is 6.61 Å². The van der Waals surface area contributed by atoms with E-state index in [9.17, 15) is 4.79 Å². The van der Waals surface area contributed by atoms with E-state index in [1.54, 1.807) is 6.92 Å². The Morgan fingerprint density at radius 1 is 1.33 bits per heavy atom. The Kier molecular flexibility index (Phi) is 6.30. The molecule has 0 unspecified atom stereocenters. The van der Waals surface area contributed by atoms with Crippen molar-refractivity contribution in [2.24, 2.45) is 5.41 Å². The molecule has 0 aromatic heterocycles. The zero-order valence-electron chi connectivity index (χ0n) is 10.6. The summed E-state index contributed by atoms with van der Waals surface area (Å²) < 4.78 is 5.05. The van der Waals surface area contributed by atoms with E-state index < -0.39 is 0 Å². The predicted octanol–water partition coefficient (Wildman–Crippen LogP) is 3.71. The molecule has 2 heteroatoms. The summed E-state index contributed by atoms with van der Waals surface area (Å²) in [7, 11) is 0. The predicted molar refractivity (Wildman–Crippen MR) is 63.7 cm³/mol. The molecule has 0 saturated heterocycles. The van der Waals surface area contributed by atoms with Crippen LogP contribution in [0.15, 0.2) is 12.2 Å². The maximum atomic E-state index is 11.1. The lowest BCUT2D eigenvalue weighted by Gasteiger charge is -2.26. The van der Waals surface area contributed by atoms with Gasteiger partial charge in [0.05, 0.1) is 6.61 Å². The highest BCUT2D eigenvalue weighted by Crippen LogP contribution is 2.30. The van der Waals surface area contributed by atoms with Crippen molar-refractivity contribution in [3.8, 4) is 0 Å². The van der Waals surface area contributed by atoms with Gasteiger partial charge < -0.3 is 4.74 Å². The summed E-state index contributed by atoms with van der Waals surface area (Å²) in [4.78, 5) is 11.1. The molecule has 0 aliphatic heterocycles. The fourth-order valence-corrected chi connectivity index (χ4v) is 1.39. The first-order valence-corrected chi connectivity index (χ1v) is 5.78. The molecule has 0 N–H and O–H groups in total. The fourth-order valence-electron chi connectivity index (χ4n) is 1.39. The minimum atomic E-state index is -0.273. The van der Waals surface area contributed by atoms with E-state index in [1.807, 2.05) is 0 Å². The average Bonchev–Trinajstić information content (AvgIpc) is 2.23. The van der Waals surface area contributed by atoms with Gasteiger partial charge in [-0.15, -0.1) is 0 Å². The lowest BCUT2D eigenvalue weighted by Crippen LogP contribution is -2.15. The fraction of sp³-hybridized carbons (Fsp3) is 0.769. The zero-order valence-corrected chi connectivity index (χ0v) is 10.6. The maximum absolute atomic E-state index is 11.1. The number of carbonyl (C=O) groups excluding carboxylic acids is 1. The highest BCUT2D eigenvalue weighted by Gasteiger charge is 2.18. The van der Waals surface area contributed by atoms with Crippen molar-refractivity contribution in [2.45, 2.75) is 53.4 Å². The van der Waals surface area contributed by atoms with Gasteiger partial charge in [0.25, 0.3) is 0 Å². The van der Waals surface area contributed by atoms with Crippen molar-refractivity contribution < 1.29 is 9.53 Å². The lowest BCUT2D eigenvalue weighted by atomic mass is 9.80. The van der Waals surface area contributed by atoms with Gasteiger partial charge in [-0.25, -0.2) is 4.79 Å². The largest absolute Gasteiger partial charge is 0.462 e. The van der Waals surface area contributed by atoms with E-state index in [0.29, 0.717) is 17.6 Å².